The van der Waals surface area contributed by atoms with E-state index in [9.17, 15) is 4.79 Å². The van der Waals surface area contributed by atoms with Gasteiger partial charge in [0.15, 0.2) is 5.78 Å². The van der Waals surface area contributed by atoms with Gasteiger partial charge in [0, 0.05) is 11.1 Å². The molecule has 2 saturated heterocycles. The van der Waals surface area contributed by atoms with Crippen LogP contribution in [0.4, 0.5) is 0 Å². The van der Waals surface area contributed by atoms with Crippen LogP contribution >= 0.6 is 0 Å². The molecule has 136 valence electrons. The molecule has 5 heteroatoms. The van der Waals surface area contributed by atoms with Crippen LogP contribution in [0.2, 0.25) is 0 Å². The highest BCUT2D eigenvalue weighted by molar-refractivity contribution is 6.09. The molecule has 5 nitrogen and oxygen atoms in total. The van der Waals surface area contributed by atoms with E-state index in [1.54, 1.807) is 12.1 Å². The van der Waals surface area contributed by atoms with Crippen LogP contribution in [0.1, 0.15) is 27.0 Å². The van der Waals surface area contributed by atoms with Gasteiger partial charge in [-0.1, -0.05) is 24.3 Å². The summed E-state index contributed by atoms with van der Waals surface area (Å²) < 4.78 is 21.9. The van der Waals surface area contributed by atoms with Gasteiger partial charge in [0.2, 0.25) is 0 Å². The Kier molecular flexibility index (Phi) is 4.66. The van der Waals surface area contributed by atoms with Crippen LogP contribution in [-0.2, 0) is 9.47 Å². The van der Waals surface area contributed by atoms with E-state index in [2.05, 4.69) is 0 Å². The fourth-order valence-electron chi connectivity index (χ4n) is 2.65. The van der Waals surface area contributed by atoms with Crippen molar-refractivity contribution in [2.45, 2.75) is 26.1 Å². The standard InChI is InChI=1S/C21H22O5/c1-13-3-5-15(7-19(13)25-11-17-9-23-17)21(22)16-6-4-14(2)20(8-16)26-12-18-10-24-18/h3-8,17-18H,9-12H2,1-2H3. The molecule has 2 aliphatic heterocycles. The Morgan fingerprint density at radius 3 is 1.69 bits per heavy atom. The summed E-state index contributed by atoms with van der Waals surface area (Å²) in [6.07, 6.45) is 0.363. The van der Waals surface area contributed by atoms with E-state index in [0.717, 1.165) is 35.8 Å². The summed E-state index contributed by atoms with van der Waals surface area (Å²) in [6.45, 7) is 6.46. The Morgan fingerprint density at radius 2 is 1.31 bits per heavy atom. The third-order valence-electron chi connectivity index (χ3n) is 4.55. The molecule has 0 amide bonds. The van der Waals surface area contributed by atoms with E-state index in [0.29, 0.717) is 24.3 Å². The number of benzene rings is 2. The van der Waals surface area contributed by atoms with Crippen molar-refractivity contribution in [2.24, 2.45) is 0 Å². The van der Waals surface area contributed by atoms with E-state index in [1.165, 1.54) is 0 Å². The van der Waals surface area contributed by atoms with Crippen LogP contribution in [0, 0.1) is 13.8 Å². The molecular weight excluding hydrogens is 332 g/mol. The average Bonchev–Trinajstić information content (AvgIpc) is 3.54. The molecule has 0 radical (unpaired) electrons. The predicted octanol–water partition coefficient (Wildman–Crippen LogP) is 3.09. The minimum Gasteiger partial charge on any atom is -0.490 e. The number of ether oxygens (including phenoxy) is 4. The largest absolute Gasteiger partial charge is 0.490 e. The fourth-order valence-corrected chi connectivity index (χ4v) is 2.65. The SMILES string of the molecule is Cc1ccc(C(=O)c2ccc(C)c(OCC3CO3)c2)cc1OCC1CO1. The van der Waals surface area contributed by atoms with Crippen LogP contribution in [0.25, 0.3) is 0 Å². The van der Waals surface area contributed by atoms with E-state index < -0.39 is 0 Å². The molecule has 4 rings (SSSR count). The lowest BCUT2D eigenvalue weighted by Crippen LogP contribution is -2.08. The minimum absolute atomic E-state index is 0.0509. The van der Waals surface area contributed by atoms with Gasteiger partial charge in [0.1, 0.15) is 36.9 Å². The molecule has 2 heterocycles. The van der Waals surface area contributed by atoms with Crippen molar-refractivity contribution >= 4 is 5.78 Å². The number of carbonyl (C=O) groups is 1. The first kappa shape index (κ1) is 17.1. The van der Waals surface area contributed by atoms with Gasteiger partial charge in [0.25, 0.3) is 0 Å². The maximum absolute atomic E-state index is 12.9. The van der Waals surface area contributed by atoms with Gasteiger partial charge in [-0.05, 0) is 37.1 Å². The van der Waals surface area contributed by atoms with Gasteiger partial charge >= 0.3 is 0 Å². The first-order valence-corrected chi connectivity index (χ1v) is 8.85. The minimum atomic E-state index is -0.0509. The van der Waals surface area contributed by atoms with Crippen molar-refractivity contribution in [3.8, 4) is 11.5 Å². The quantitative estimate of drug-likeness (QED) is 0.538. The fraction of sp³-hybridized carbons (Fsp3) is 0.381. The zero-order valence-electron chi connectivity index (χ0n) is 15.0. The van der Waals surface area contributed by atoms with Gasteiger partial charge in [0.05, 0.1) is 13.2 Å². The summed E-state index contributed by atoms with van der Waals surface area (Å²) in [5.41, 5.74) is 3.20. The summed E-state index contributed by atoms with van der Waals surface area (Å²) in [5.74, 6) is 1.40. The van der Waals surface area contributed by atoms with Gasteiger partial charge in [-0.15, -0.1) is 0 Å². The molecule has 2 unspecified atom stereocenters. The van der Waals surface area contributed by atoms with Crippen molar-refractivity contribution in [2.75, 3.05) is 26.4 Å². The maximum Gasteiger partial charge on any atom is 0.193 e. The molecule has 0 aliphatic carbocycles. The smallest absolute Gasteiger partial charge is 0.193 e. The van der Waals surface area contributed by atoms with Crippen molar-refractivity contribution < 1.29 is 23.7 Å². The predicted molar refractivity (Wildman–Crippen MR) is 96.3 cm³/mol. The summed E-state index contributed by atoms with van der Waals surface area (Å²) in [6, 6.07) is 11.1. The highest BCUT2D eigenvalue weighted by Gasteiger charge is 2.24. The second-order valence-electron chi connectivity index (χ2n) is 6.82. The monoisotopic (exact) mass is 354 g/mol. The third-order valence-corrected chi connectivity index (χ3v) is 4.55. The number of ketones is 1. The first-order chi connectivity index (χ1) is 12.6. The molecule has 0 aromatic heterocycles. The Bertz CT molecular complexity index is 754. The number of hydrogen-bond acceptors (Lipinski definition) is 5. The molecular formula is C21H22O5. The third kappa shape index (κ3) is 4.06. The van der Waals surface area contributed by atoms with E-state index in [-0.39, 0.29) is 18.0 Å². The molecule has 2 fully saturated rings. The molecule has 2 aromatic carbocycles. The Hall–Kier alpha value is -2.37. The van der Waals surface area contributed by atoms with Crippen molar-refractivity contribution in [1.82, 2.24) is 0 Å². The van der Waals surface area contributed by atoms with Gasteiger partial charge < -0.3 is 18.9 Å². The molecule has 0 saturated carbocycles. The Morgan fingerprint density at radius 1 is 0.885 bits per heavy atom. The molecule has 26 heavy (non-hydrogen) atoms. The van der Waals surface area contributed by atoms with Crippen LogP contribution in [0.3, 0.4) is 0 Å². The van der Waals surface area contributed by atoms with E-state index in [4.69, 9.17) is 18.9 Å². The molecule has 2 aromatic rings. The van der Waals surface area contributed by atoms with Crippen LogP contribution in [-0.4, -0.2) is 44.4 Å². The number of carbonyl (C=O) groups excluding carboxylic acids is 1. The lowest BCUT2D eigenvalue weighted by molar-refractivity contribution is 0.103. The average molecular weight is 354 g/mol. The molecule has 2 atom stereocenters. The topological polar surface area (TPSA) is 60.6 Å². The maximum atomic E-state index is 12.9. The zero-order chi connectivity index (χ0) is 18.1. The molecule has 0 bridgehead atoms. The number of aryl methyl sites for hydroxylation is 2. The van der Waals surface area contributed by atoms with Gasteiger partial charge in [-0.2, -0.15) is 0 Å². The Balaban J connectivity index is 1.52. The molecule has 2 aliphatic rings. The zero-order valence-corrected chi connectivity index (χ0v) is 15.0. The van der Waals surface area contributed by atoms with Crippen LogP contribution in [0.15, 0.2) is 36.4 Å². The van der Waals surface area contributed by atoms with Gasteiger partial charge in [-0.3, -0.25) is 4.79 Å². The Labute approximate surface area is 152 Å². The summed E-state index contributed by atoms with van der Waals surface area (Å²) in [4.78, 5) is 12.9. The van der Waals surface area contributed by atoms with E-state index >= 15 is 0 Å². The lowest BCUT2D eigenvalue weighted by Gasteiger charge is -2.12. The number of epoxide rings is 2. The number of hydrogen-bond donors (Lipinski definition) is 0. The second kappa shape index (κ2) is 7.09. The van der Waals surface area contributed by atoms with E-state index in [1.807, 2.05) is 38.1 Å². The summed E-state index contributed by atoms with van der Waals surface area (Å²) >= 11 is 0. The lowest BCUT2D eigenvalue weighted by atomic mass is 10.00. The van der Waals surface area contributed by atoms with Crippen molar-refractivity contribution in [3.05, 3.63) is 58.7 Å². The normalized spacial score (nSPS) is 20.5. The molecule has 0 N–H and O–H groups in total. The number of rotatable bonds is 8. The van der Waals surface area contributed by atoms with Gasteiger partial charge in [-0.25, -0.2) is 0 Å². The highest BCUT2D eigenvalue weighted by Crippen LogP contribution is 2.26. The van der Waals surface area contributed by atoms with Crippen LogP contribution in [0.5, 0.6) is 11.5 Å². The van der Waals surface area contributed by atoms with Crippen molar-refractivity contribution in [3.63, 3.8) is 0 Å². The highest BCUT2D eigenvalue weighted by atomic mass is 16.6. The first-order valence-electron chi connectivity index (χ1n) is 8.85. The summed E-state index contributed by atoms with van der Waals surface area (Å²) in [5, 5.41) is 0. The summed E-state index contributed by atoms with van der Waals surface area (Å²) in [7, 11) is 0. The second-order valence-corrected chi connectivity index (χ2v) is 6.82. The molecule has 0 spiro atoms. The van der Waals surface area contributed by atoms with Crippen molar-refractivity contribution in [1.29, 1.82) is 0 Å². The van der Waals surface area contributed by atoms with Crippen LogP contribution < -0.4 is 9.47 Å².